The summed E-state index contributed by atoms with van der Waals surface area (Å²) in [6.45, 7) is 4.31. The summed E-state index contributed by atoms with van der Waals surface area (Å²) in [5.41, 5.74) is 6.16. The molecule has 5 atom stereocenters. The van der Waals surface area contributed by atoms with E-state index in [1.807, 2.05) is 48.1 Å². The van der Waals surface area contributed by atoms with Gasteiger partial charge in [-0.25, -0.2) is 14.8 Å². The van der Waals surface area contributed by atoms with Crippen LogP contribution in [0, 0.1) is 17.8 Å². The number of para-hydroxylation sites is 1. The number of ether oxygens (including phenoxy) is 1. The van der Waals surface area contributed by atoms with E-state index in [0.717, 1.165) is 23.4 Å². The highest BCUT2D eigenvalue weighted by atomic mass is 32.1. The van der Waals surface area contributed by atoms with E-state index in [1.165, 1.54) is 11.3 Å². The van der Waals surface area contributed by atoms with Crippen molar-refractivity contribution >= 4 is 46.4 Å². The lowest BCUT2D eigenvalue weighted by molar-refractivity contribution is -0.138. The number of benzene rings is 1. The number of nitrogens with two attached hydrogens (primary N) is 1. The minimum atomic E-state index is -1.10. The van der Waals surface area contributed by atoms with Crippen molar-refractivity contribution in [3.63, 3.8) is 0 Å². The molecular formula is C32H35N6O5S. The number of amides is 4. The van der Waals surface area contributed by atoms with Crippen LogP contribution in [0.3, 0.4) is 0 Å². The third-order valence-electron chi connectivity index (χ3n) is 8.77. The van der Waals surface area contributed by atoms with Crippen molar-refractivity contribution in [2.45, 2.75) is 69.9 Å². The summed E-state index contributed by atoms with van der Waals surface area (Å²) in [5, 5.41) is 6.22. The third-order valence-corrected chi connectivity index (χ3v) is 9.63. The molecule has 2 aliphatic carbocycles. The van der Waals surface area contributed by atoms with Gasteiger partial charge in [0.05, 0.1) is 28.4 Å². The average molecular weight is 616 g/mol. The van der Waals surface area contributed by atoms with Crippen LogP contribution in [0.4, 0.5) is 4.79 Å². The Kier molecular flexibility index (Phi) is 8.19. The second kappa shape index (κ2) is 12.1. The van der Waals surface area contributed by atoms with Crippen LogP contribution in [0.15, 0.2) is 41.8 Å². The maximum absolute atomic E-state index is 13.8. The summed E-state index contributed by atoms with van der Waals surface area (Å²) >= 11 is 1.46. The summed E-state index contributed by atoms with van der Waals surface area (Å²) in [4.78, 5) is 67.1. The molecule has 2 aromatic heterocycles. The Morgan fingerprint density at radius 1 is 1.16 bits per heavy atom. The van der Waals surface area contributed by atoms with E-state index in [2.05, 4.69) is 19.2 Å². The number of fused-ring (bicyclic) bond motifs is 3. The molecule has 0 bridgehead atoms. The Bertz CT molecular complexity index is 1640. The monoisotopic (exact) mass is 615 g/mol. The van der Waals surface area contributed by atoms with Crippen LogP contribution < -0.4 is 15.8 Å². The van der Waals surface area contributed by atoms with Gasteiger partial charge in [-0.2, -0.15) is 4.98 Å². The first kappa shape index (κ1) is 29.9. The highest BCUT2D eigenvalue weighted by Gasteiger charge is 2.57. The molecule has 1 aliphatic heterocycles. The van der Waals surface area contributed by atoms with Gasteiger partial charge in [-0.3, -0.25) is 19.3 Å². The predicted molar refractivity (Wildman–Crippen MR) is 164 cm³/mol. The number of thiazole rings is 1. The van der Waals surface area contributed by atoms with Crippen molar-refractivity contribution in [3.8, 4) is 16.7 Å². The van der Waals surface area contributed by atoms with Crippen LogP contribution in [-0.4, -0.2) is 62.2 Å². The summed E-state index contributed by atoms with van der Waals surface area (Å²) < 4.78 is 6.48. The number of imide groups is 1. The van der Waals surface area contributed by atoms with Gasteiger partial charge in [-0.1, -0.05) is 38.1 Å². The molecule has 11 nitrogen and oxygen atoms in total. The first-order valence-corrected chi connectivity index (χ1v) is 15.9. The zero-order valence-electron chi connectivity index (χ0n) is 24.7. The van der Waals surface area contributed by atoms with E-state index in [1.54, 1.807) is 0 Å². The first-order chi connectivity index (χ1) is 21.2. The maximum atomic E-state index is 13.8. The van der Waals surface area contributed by atoms with Crippen LogP contribution >= 0.6 is 11.3 Å². The molecule has 1 aromatic carbocycles. The number of aromatic nitrogens is 3. The quantitative estimate of drug-likeness (QED) is 0.403. The van der Waals surface area contributed by atoms with Crippen molar-refractivity contribution in [1.82, 2.24) is 25.2 Å². The van der Waals surface area contributed by atoms with Crippen LogP contribution in [0.25, 0.3) is 21.7 Å². The van der Waals surface area contributed by atoms with E-state index >= 15 is 0 Å². The molecular weight excluding hydrogens is 580 g/mol. The van der Waals surface area contributed by atoms with Crippen molar-refractivity contribution < 1.29 is 23.9 Å². The molecule has 3 aromatic rings. The SMILES string of the molecule is CC(C)c1csc(-c2nc(OC3CC4C(=O)NC5([C]=O)CC5/C=C/CCCCN(C(N)=O)C(=O)C4C3)c3ccccc3n2)n1. The van der Waals surface area contributed by atoms with E-state index < -0.39 is 41.3 Å². The Balaban J connectivity index is 1.32. The third kappa shape index (κ3) is 5.82. The van der Waals surface area contributed by atoms with E-state index in [0.29, 0.717) is 40.5 Å². The lowest BCUT2D eigenvalue weighted by Crippen LogP contribution is -2.49. The van der Waals surface area contributed by atoms with Gasteiger partial charge in [0.25, 0.3) is 0 Å². The fourth-order valence-electron chi connectivity index (χ4n) is 6.14. The second-order valence-corrected chi connectivity index (χ2v) is 13.0. The molecule has 6 rings (SSSR count). The minimum Gasteiger partial charge on any atom is -0.474 e. The molecule has 229 valence electrons. The lowest BCUT2D eigenvalue weighted by atomic mass is 9.93. The zero-order valence-corrected chi connectivity index (χ0v) is 25.5. The van der Waals surface area contributed by atoms with Crippen molar-refractivity contribution in [1.29, 1.82) is 0 Å². The van der Waals surface area contributed by atoms with Gasteiger partial charge in [0.15, 0.2) is 10.8 Å². The van der Waals surface area contributed by atoms with Gasteiger partial charge in [0, 0.05) is 17.8 Å². The first-order valence-electron chi connectivity index (χ1n) is 15.1. The summed E-state index contributed by atoms with van der Waals surface area (Å²) in [5.74, 6) is -1.78. The van der Waals surface area contributed by atoms with E-state index in [-0.39, 0.29) is 31.2 Å². The fraction of sp³-hybridized carbons (Fsp3) is 0.469. The molecule has 5 unspecified atom stereocenters. The summed E-state index contributed by atoms with van der Waals surface area (Å²) in [7, 11) is 0. The fourth-order valence-corrected chi connectivity index (χ4v) is 7.05. The smallest absolute Gasteiger partial charge is 0.321 e. The van der Waals surface area contributed by atoms with Gasteiger partial charge >= 0.3 is 6.03 Å². The highest BCUT2D eigenvalue weighted by molar-refractivity contribution is 7.13. The van der Waals surface area contributed by atoms with Gasteiger partial charge in [-0.15, -0.1) is 11.3 Å². The number of rotatable bonds is 5. The minimum absolute atomic E-state index is 0.135. The number of nitrogens with one attached hydrogen (secondary N) is 1. The predicted octanol–water partition coefficient (Wildman–Crippen LogP) is 4.28. The van der Waals surface area contributed by atoms with Crippen LogP contribution in [0.2, 0.25) is 0 Å². The van der Waals surface area contributed by atoms with E-state index in [4.69, 9.17) is 25.4 Å². The van der Waals surface area contributed by atoms with Gasteiger partial charge in [0.1, 0.15) is 11.6 Å². The van der Waals surface area contributed by atoms with Crippen molar-refractivity contribution in [2.75, 3.05) is 6.54 Å². The molecule has 1 radical (unpaired) electrons. The highest BCUT2D eigenvalue weighted by Crippen LogP contribution is 2.45. The zero-order chi connectivity index (χ0) is 31.0. The molecule has 3 N–H and O–H groups in total. The molecule has 0 saturated heterocycles. The number of primary amides is 1. The molecule has 0 spiro atoms. The number of carbonyl (C=O) groups excluding carboxylic acids is 4. The number of hydrogen-bond acceptors (Lipinski definition) is 9. The second-order valence-electron chi connectivity index (χ2n) is 12.2. The van der Waals surface area contributed by atoms with Gasteiger partial charge < -0.3 is 15.8 Å². The number of carbonyl (C=O) groups is 3. The normalized spacial score (nSPS) is 28.1. The molecule has 2 fully saturated rings. The van der Waals surface area contributed by atoms with E-state index in [9.17, 15) is 19.2 Å². The van der Waals surface area contributed by atoms with Crippen LogP contribution in [0.1, 0.15) is 64.0 Å². The topological polar surface area (TPSA) is 157 Å². The van der Waals surface area contributed by atoms with Crippen molar-refractivity contribution in [2.24, 2.45) is 23.5 Å². The van der Waals surface area contributed by atoms with Crippen molar-refractivity contribution in [3.05, 3.63) is 47.5 Å². The standard InChI is InChI=1S/C32H35N6O5S/c1-18(2)25-16-44-29(35-25)26-34-24-11-7-6-10-21(24)28(36-26)43-20-13-22-23(14-20)30(41)38(31(33)42)12-8-4-3-5-9-19-15-32(19,17-39)37-27(22)40/h5-7,9-11,16,18-20,22-23H,3-4,8,12-15H2,1-2H3,(H2,33,42)(H,37,40)/b9-5+. The van der Waals surface area contributed by atoms with Crippen LogP contribution in [0.5, 0.6) is 5.88 Å². The summed E-state index contributed by atoms with van der Waals surface area (Å²) in [6, 6.07) is 6.62. The van der Waals surface area contributed by atoms with Gasteiger partial charge in [0.2, 0.25) is 24.0 Å². The number of nitrogens with zero attached hydrogens (tertiary/aromatic N) is 4. The molecule has 3 heterocycles. The molecule has 3 aliphatic rings. The molecule has 12 heteroatoms. The lowest BCUT2D eigenvalue weighted by Gasteiger charge is -2.26. The summed E-state index contributed by atoms with van der Waals surface area (Å²) in [6.07, 6.45) is 8.21. The Labute approximate surface area is 259 Å². The molecule has 44 heavy (non-hydrogen) atoms. The maximum Gasteiger partial charge on any atom is 0.321 e. The average Bonchev–Trinajstić information content (AvgIpc) is 3.32. The number of allylic oxidation sites excluding steroid dienone is 1. The Morgan fingerprint density at radius 2 is 1.95 bits per heavy atom. The van der Waals surface area contributed by atoms with Crippen LogP contribution in [-0.2, 0) is 14.4 Å². The largest absolute Gasteiger partial charge is 0.474 e. The Hall–Kier alpha value is -4.19. The number of urea groups is 1. The Morgan fingerprint density at radius 3 is 2.70 bits per heavy atom. The van der Waals surface area contributed by atoms with Gasteiger partial charge in [-0.05, 0) is 56.6 Å². The molecule has 4 amide bonds. The molecule has 2 saturated carbocycles. The number of hydrogen-bond donors (Lipinski definition) is 2.